The fourth-order valence-electron chi connectivity index (χ4n) is 1.31. The Morgan fingerprint density at radius 2 is 2.06 bits per heavy atom. The Bertz CT molecular complexity index is 181. The van der Waals surface area contributed by atoms with Crippen LogP contribution >= 0.6 is 0 Å². The molecule has 5 heteroatoms. The maximum Gasteiger partial charge on any atom is 0.220 e. The Morgan fingerprint density at radius 3 is 2.56 bits per heavy atom. The first kappa shape index (κ1) is 15.3. The second-order valence-electron chi connectivity index (χ2n) is 3.82. The summed E-state index contributed by atoms with van der Waals surface area (Å²) in [6.45, 7) is 2.39. The minimum Gasteiger partial charge on any atom is -0.396 e. The van der Waals surface area contributed by atoms with Gasteiger partial charge in [0.25, 0.3) is 0 Å². The molecule has 0 aromatic heterocycles. The summed E-state index contributed by atoms with van der Waals surface area (Å²) in [7, 11) is 3.20. The molecule has 0 saturated carbocycles. The maximum atomic E-state index is 11.5. The monoisotopic (exact) mass is 233 g/mol. The number of hydrogen-bond donors (Lipinski definition) is 2. The first-order valence-electron chi connectivity index (χ1n) is 5.56. The predicted molar refractivity (Wildman–Crippen MR) is 61.2 cm³/mol. The smallest absolute Gasteiger partial charge is 0.220 e. The van der Waals surface area contributed by atoms with E-state index in [4.69, 9.17) is 14.6 Å². The van der Waals surface area contributed by atoms with Gasteiger partial charge in [-0.2, -0.15) is 0 Å². The molecule has 5 nitrogen and oxygen atoms in total. The first-order chi connectivity index (χ1) is 7.63. The number of hydrogen-bond acceptors (Lipinski definition) is 4. The average molecular weight is 233 g/mol. The summed E-state index contributed by atoms with van der Waals surface area (Å²) in [5.41, 5.74) is 0. The largest absolute Gasteiger partial charge is 0.396 e. The van der Waals surface area contributed by atoms with Gasteiger partial charge in [-0.25, -0.2) is 0 Å². The summed E-state index contributed by atoms with van der Waals surface area (Å²) in [5, 5.41) is 11.6. The third-order valence-electron chi connectivity index (χ3n) is 2.39. The van der Waals surface area contributed by atoms with Gasteiger partial charge in [-0.3, -0.25) is 4.79 Å². The normalized spacial score (nSPS) is 14.5. The van der Waals surface area contributed by atoms with E-state index in [-0.39, 0.29) is 24.7 Å². The van der Waals surface area contributed by atoms with Crippen molar-refractivity contribution >= 4 is 5.91 Å². The Labute approximate surface area is 97.1 Å². The van der Waals surface area contributed by atoms with E-state index in [1.807, 2.05) is 6.92 Å². The predicted octanol–water partition coefficient (Wildman–Crippen LogP) is 0.315. The molecule has 96 valence electrons. The van der Waals surface area contributed by atoms with Gasteiger partial charge < -0.3 is 19.9 Å². The average Bonchev–Trinajstić information content (AvgIpc) is 2.26. The Kier molecular flexibility index (Phi) is 9.18. The Morgan fingerprint density at radius 1 is 1.38 bits per heavy atom. The molecule has 0 aliphatic heterocycles. The molecule has 0 aliphatic carbocycles. The van der Waals surface area contributed by atoms with Crippen molar-refractivity contribution in [2.75, 3.05) is 27.4 Å². The van der Waals surface area contributed by atoms with Crippen molar-refractivity contribution in [3.8, 4) is 0 Å². The van der Waals surface area contributed by atoms with Crippen molar-refractivity contribution in [3.05, 3.63) is 0 Å². The molecule has 1 amide bonds. The van der Waals surface area contributed by atoms with Gasteiger partial charge in [0.05, 0.1) is 18.8 Å². The van der Waals surface area contributed by atoms with Gasteiger partial charge in [-0.1, -0.05) is 0 Å². The van der Waals surface area contributed by atoms with Gasteiger partial charge in [0, 0.05) is 27.2 Å². The van der Waals surface area contributed by atoms with Crippen LogP contribution in [0.5, 0.6) is 0 Å². The fraction of sp³-hybridized carbons (Fsp3) is 0.909. The van der Waals surface area contributed by atoms with Crippen LogP contribution in [-0.4, -0.2) is 50.6 Å². The minimum atomic E-state index is -0.111. The highest BCUT2D eigenvalue weighted by Crippen LogP contribution is 2.01. The summed E-state index contributed by atoms with van der Waals surface area (Å²) in [5.74, 6) is -0.0283. The third kappa shape index (κ3) is 7.62. The van der Waals surface area contributed by atoms with Crippen LogP contribution in [0.2, 0.25) is 0 Å². The van der Waals surface area contributed by atoms with E-state index >= 15 is 0 Å². The van der Waals surface area contributed by atoms with Crippen molar-refractivity contribution in [2.45, 2.75) is 38.3 Å². The molecular weight excluding hydrogens is 210 g/mol. The van der Waals surface area contributed by atoms with Crippen LogP contribution in [0, 0.1) is 0 Å². The van der Waals surface area contributed by atoms with E-state index in [1.165, 1.54) is 0 Å². The molecule has 0 rings (SSSR count). The van der Waals surface area contributed by atoms with E-state index in [0.29, 0.717) is 25.9 Å². The lowest BCUT2D eigenvalue weighted by molar-refractivity contribution is -0.122. The number of ether oxygens (including phenoxy) is 2. The second kappa shape index (κ2) is 9.57. The van der Waals surface area contributed by atoms with E-state index in [9.17, 15) is 4.79 Å². The lowest BCUT2D eigenvalue weighted by Crippen LogP contribution is -2.38. The lowest BCUT2D eigenvalue weighted by atomic mass is 10.2. The van der Waals surface area contributed by atoms with Gasteiger partial charge in [0.15, 0.2) is 0 Å². The second-order valence-corrected chi connectivity index (χ2v) is 3.82. The molecule has 0 bridgehead atoms. The molecule has 0 spiro atoms. The van der Waals surface area contributed by atoms with E-state index in [2.05, 4.69) is 5.32 Å². The van der Waals surface area contributed by atoms with Gasteiger partial charge in [0.2, 0.25) is 5.91 Å². The first-order valence-corrected chi connectivity index (χ1v) is 5.56. The van der Waals surface area contributed by atoms with Crippen molar-refractivity contribution in [2.24, 2.45) is 0 Å². The number of aliphatic hydroxyl groups is 1. The zero-order chi connectivity index (χ0) is 12.4. The number of nitrogens with one attached hydrogen (secondary N) is 1. The molecule has 2 atom stereocenters. The van der Waals surface area contributed by atoms with Crippen LogP contribution in [0.15, 0.2) is 0 Å². The highest BCUT2D eigenvalue weighted by atomic mass is 16.5. The van der Waals surface area contributed by atoms with Crippen LogP contribution in [0.1, 0.15) is 26.2 Å². The molecule has 16 heavy (non-hydrogen) atoms. The Balaban J connectivity index is 3.80. The van der Waals surface area contributed by atoms with Crippen molar-refractivity contribution < 1.29 is 19.4 Å². The number of rotatable bonds is 9. The summed E-state index contributed by atoms with van der Waals surface area (Å²) >= 11 is 0. The topological polar surface area (TPSA) is 67.8 Å². The Hall–Kier alpha value is -0.650. The van der Waals surface area contributed by atoms with Crippen LogP contribution in [0.4, 0.5) is 0 Å². The molecule has 2 N–H and O–H groups in total. The van der Waals surface area contributed by atoms with Gasteiger partial charge >= 0.3 is 0 Å². The molecular formula is C11H23NO4. The SMILES string of the molecule is COCC(CCO)NC(=O)CCC(C)OC. The zero-order valence-corrected chi connectivity index (χ0v) is 10.4. The van der Waals surface area contributed by atoms with Gasteiger partial charge in [-0.15, -0.1) is 0 Å². The number of amides is 1. The van der Waals surface area contributed by atoms with Gasteiger partial charge in [-0.05, 0) is 19.8 Å². The molecule has 0 fully saturated rings. The molecule has 0 heterocycles. The van der Waals surface area contributed by atoms with E-state index in [1.54, 1.807) is 14.2 Å². The standard InChI is InChI=1S/C11H23NO4/c1-9(16-3)4-5-11(14)12-10(6-7-13)8-15-2/h9-10,13H,4-8H2,1-3H3,(H,12,14). The quantitative estimate of drug-likeness (QED) is 0.601. The highest BCUT2D eigenvalue weighted by Gasteiger charge is 2.12. The van der Waals surface area contributed by atoms with Crippen molar-refractivity contribution in [1.82, 2.24) is 5.32 Å². The number of methoxy groups -OCH3 is 2. The minimum absolute atomic E-state index is 0.0283. The zero-order valence-electron chi connectivity index (χ0n) is 10.4. The number of aliphatic hydroxyl groups excluding tert-OH is 1. The van der Waals surface area contributed by atoms with Crippen LogP contribution in [0.3, 0.4) is 0 Å². The summed E-state index contributed by atoms with van der Waals surface area (Å²) < 4.78 is 10.0. The van der Waals surface area contributed by atoms with Crippen molar-refractivity contribution in [3.63, 3.8) is 0 Å². The molecule has 0 aromatic carbocycles. The van der Waals surface area contributed by atoms with E-state index in [0.717, 1.165) is 0 Å². The summed E-state index contributed by atoms with van der Waals surface area (Å²) in [4.78, 5) is 11.5. The third-order valence-corrected chi connectivity index (χ3v) is 2.39. The van der Waals surface area contributed by atoms with Crippen LogP contribution in [0.25, 0.3) is 0 Å². The van der Waals surface area contributed by atoms with Crippen LogP contribution < -0.4 is 5.32 Å². The molecule has 2 unspecified atom stereocenters. The van der Waals surface area contributed by atoms with Crippen LogP contribution in [-0.2, 0) is 14.3 Å². The molecule has 0 aromatic rings. The fourth-order valence-corrected chi connectivity index (χ4v) is 1.31. The van der Waals surface area contributed by atoms with E-state index < -0.39 is 0 Å². The lowest BCUT2D eigenvalue weighted by Gasteiger charge is -2.17. The maximum absolute atomic E-state index is 11.5. The van der Waals surface area contributed by atoms with Crippen molar-refractivity contribution in [1.29, 1.82) is 0 Å². The number of carbonyl (C=O) groups is 1. The van der Waals surface area contributed by atoms with Gasteiger partial charge in [0.1, 0.15) is 0 Å². The summed E-state index contributed by atoms with van der Waals surface area (Å²) in [6.07, 6.45) is 1.73. The number of carbonyl (C=O) groups excluding carboxylic acids is 1. The molecule has 0 radical (unpaired) electrons. The highest BCUT2D eigenvalue weighted by molar-refractivity contribution is 5.76. The molecule has 0 saturated heterocycles. The summed E-state index contributed by atoms with van der Waals surface area (Å²) in [6, 6.07) is -0.111. The molecule has 0 aliphatic rings.